The minimum Gasteiger partial charge on any atom is -0.352 e. The number of rotatable bonds is 7. The molecule has 0 saturated heterocycles. The summed E-state index contributed by atoms with van der Waals surface area (Å²) < 4.78 is 1.06. The van der Waals surface area contributed by atoms with E-state index in [-0.39, 0.29) is 24.0 Å². The Bertz CT molecular complexity index is 415. The summed E-state index contributed by atoms with van der Waals surface area (Å²) in [4.78, 5) is 12.1. The number of hydrogen-bond donors (Lipinski definition) is 2. The second kappa shape index (κ2) is 8.42. The zero-order chi connectivity index (χ0) is 15.1. The van der Waals surface area contributed by atoms with Gasteiger partial charge in [0.1, 0.15) is 0 Å². The Morgan fingerprint density at radius 2 is 1.70 bits per heavy atom. The summed E-state index contributed by atoms with van der Waals surface area (Å²) in [5.41, 5.74) is 1.18. The van der Waals surface area contributed by atoms with E-state index < -0.39 is 0 Å². The van der Waals surface area contributed by atoms with E-state index in [0.29, 0.717) is 0 Å². The average molecular weight is 341 g/mol. The molecule has 0 bridgehead atoms. The molecule has 0 aliphatic heterocycles. The van der Waals surface area contributed by atoms with E-state index in [4.69, 9.17) is 0 Å². The molecule has 0 aliphatic rings. The first kappa shape index (κ1) is 17.2. The van der Waals surface area contributed by atoms with Crippen molar-refractivity contribution in [1.82, 2.24) is 10.6 Å². The number of amides is 1. The van der Waals surface area contributed by atoms with Crippen molar-refractivity contribution in [2.45, 2.75) is 58.7 Å². The third-order valence-corrected chi connectivity index (χ3v) is 4.12. The monoisotopic (exact) mass is 340 g/mol. The highest BCUT2D eigenvalue weighted by Crippen LogP contribution is 2.17. The van der Waals surface area contributed by atoms with Crippen molar-refractivity contribution in [2.75, 3.05) is 0 Å². The zero-order valence-corrected chi connectivity index (χ0v) is 14.3. The van der Waals surface area contributed by atoms with Crippen LogP contribution in [0, 0.1) is 0 Å². The van der Waals surface area contributed by atoms with Crippen molar-refractivity contribution >= 4 is 21.8 Å². The van der Waals surface area contributed by atoms with Crippen LogP contribution in [0.4, 0.5) is 0 Å². The highest BCUT2D eigenvalue weighted by molar-refractivity contribution is 9.10. The van der Waals surface area contributed by atoms with Crippen LogP contribution in [0.1, 0.15) is 52.1 Å². The number of carbonyl (C=O) groups is 1. The molecule has 1 aromatic carbocycles. The van der Waals surface area contributed by atoms with E-state index in [1.54, 1.807) is 0 Å². The molecule has 112 valence electrons. The normalized spacial score (nSPS) is 14.1. The smallest absolute Gasteiger partial charge is 0.237 e. The molecular weight excluding hydrogens is 316 g/mol. The van der Waals surface area contributed by atoms with Crippen LogP contribution in [0.15, 0.2) is 28.7 Å². The second-order valence-electron chi connectivity index (χ2n) is 5.18. The molecule has 0 aromatic heterocycles. The SMILES string of the molecule is CCC(CC)NC(=O)C(C)N[C@H](C)c1ccc(Br)cc1. The number of hydrogen-bond acceptors (Lipinski definition) is 2. The van der Waals surface area contributed by atoms with Gasteiger partial charge in [-0.05, 0) is 44.4 Å². The summed E-state index contributed by atoms with van der Waals surface area (Å²) in [6, 6.07) is 8.38. The number of halogens is 1. The number of benzene rings is 1. The van der Waals surface area contributed by atoms with Crippen molar-refractivity contribution < 1.29 is 4.79 Å². The fourth-order valence-corrected chi connectivity index (χ4v) is 2.38. The van der Waals surface area contributed by atoms with E-state index in [0.717, 1.165) is 17.3 Å². The van der Waals surface area contributed by atoms with Crippen LogP contribution >= 0.6 is 15.9 Å². The molecule has 0 spiro atoms. The van der Waals surface area contributed by atoms with Crippen LogP contribution in [-0.4, -0.2) is 18.0 Å². The third kappa shape index (κ3) is 5.25. The Labute approximate surface area is 130 Å². The Kier molecular flexibility index (Phi) is 7.24. The van der Waals surface area contributed by atoms with Crippen LogP contribution in [0.5, 0.6) is 0 Å². The maximum absolute atomic E-state index is 12.1. The van der Waals surface area contributed by atoms with Crippen molar-refractivity contribution in [2.24, 2.45) is 0 Å². The average Bonchev–Trinajstić information content (AvgIpc) is 2.44. The summed E-state index contributed by atoms with van der Waals surface area (Å²) in [6.07, 6.45) is 1.94. The fraction of sp³-hybridized carbons (Fsp3) is 0.562. The fourth-order valence-electron chi connectivity index (χ4n) is 2.12. The van der Waals surface area contributed by atoms with Crippen LogP contribution in [0.3, 0.4) is 0 Å². The Balaban J connectivity index is 2.54. The van der Waals surface area contributed by atoms with E-state index >= 15 is 0 Å². The lowest BCUT2D eigenvalue weighted by Crippen LogP contribution is -2.46. The number of nitrogens with one attached hydrogen (secondary N) is 2. The topological polar surface area (TPSA) is 41.1 Å². The molecule has 1 amide bonds. The lowest BCUT2D eigenvalue weighted by atomic mass is 10.1. The molecule has 0 aliphatic carbocycles. The van der Waals surface area contributed by atoms with Crippen LogP contribution in [0.25, 0.3) is 0 Å². The first-order chi connectivity index (χ1) is 9.47. The maximum atomic E-state index is 12.1. The van der Waals surface area contributed by atoms with Crippen LogP contribution < -0.4 is 10.6 Å². The molecule has 0 saturated carbocycles. The molecule has 20 heavy (non-hydrogen) atoms. The quantitative estimate of drug-likeness (QED) is 0.792. The standard InChI is InChI=1S/C16H25BrN2O/c1-5-15(6-2)19-16(20)12(4)18-11(3)13-7-9-14(17)10-8-13/h7-12,15,18H,5-6H2,1-4H3,(H,19,20)/t11-,12?/m1/s1. The molecule has 0 radical (unpaired) electrons. The zero-order valence-electron chi connectivity index (χ0n) is 12.7. The molecular formula is C16H25BrN2O. The van der Waals surface area contributed by atoms with Gasteiger partial charge in [-0.3, -0.25) is 10.1 Å². The minimum atomic E-state index is -0.200. The van der Waals surface area contributed by atoms with Crippen molar-refractivity contribution in [3.05, 3.63) is 34.3 Å². The largest absolute Gasteiger partial charge is 0.352 e. The Hall–Kier alpha value is -0.870. The van der Waals surface area contributed by atoms with Gasteiger partial charge in [-0.1, -0.05) is 41.9 Å². The van der Waals surface area contributed by atoms with Gasteiger partial charge in [0.15, 0.2) is 0 Å². The molecule has 2 atom stereocenters. The molecule has 1 aromatic rings. The van der Waals surface area contributed by atoms with Gasteiger partial charge < -0.3 is 5.32 Å². The lowest BCUT2D eigenvalue weighted by molar-refractivity contribution is -0.123. The van der Waals surface area contributed by atoms with Gasteiger partial charge in [-0.25, -0.2) is 0 Å². The van der Waals surface area contributed by atoms with Crippen LogP contribution in [-0.2, 0) is 4.79 Å². The van der Waals surface area contributed by atoms with E-state index in [2.05, 4.69) is 59.5 Å². The third-order valence-electron chi connectivity index (χ3n) is 3.60. The van der Waals surface area contributed by atoms with Gasteiger partial charge in [0.2, 0.25) is 5.91 Å². The summed E-state index contributed by atoms with van der Waals surface area (Å²) in [5.74, 6) is 0.0719. The van der Waals surface area contributed by atoms with Gasteiger partial charge >= 0.3 is 0 Å². The van der Waals surface area contributed by atoms with Gasteiger partial charge in [0.05, 0.1) is 6.04 Å². The van der Waals surface area contributed by atoms with E-state index in [9.17, 15) is 4.79 Å². The molecule has 4 heteroatoms. The van der Waals surface area contributed by atoms with Gasteiger partial charge in [-0.2, -0.15) is 0 Å². The Morgan fingerprint density at radius 1 is 1.15 bits per heavy atom. The summed E-state index contributed by atoms with van der Waals surface area (Å²) in [5, 5.41) is 6.41. The summed E-state index contributed by atoms with van der Waals surface area (Å²) in [6.45, 7) is 8.17. The Morgan fingerprint density at radius 3 is 2.20 bits per heavy atom. The first-order valence-electron chi connectivity index (χ1n) is 7.29. The highest BCUT2D eigenvalue weighted by atomic mass is 79.9. The molecule has 0 fully saturated rings. The lowest BCUT2D eigenvalue weighted by Gasteiger charge is -2.22. The van der Waals surface area contributed by atoms with Gasteiger partial charge in [0.25, 0.3) is 0 Å². The molecule has 3 nitrogen and oxygen atoms in total. The van der Waals surface area contributed by atoms with Crippen molar-refractivity contribution in [3.63, 3.8) is 0 Å². The molecule has 1 unspecified atom stereocenters. The molecule has 1 rings (SSSR count). The molecule has 2 N–H and O–H groups in total. The van der Waals surface area contributed by atoms with E-state index in [1.807, 2.05) is 19.1 Å². The summed E-state index contributed by atoms with van der Waals surface area (Å²) >= 11 is 3.43. The highest BCUT2D eigenvalue weighted by Gasteiger charge is 2.18. The number of carbonyl (C=O) groups excluding carboxylic acids is 1. The predicted molar refractivity (Wildman–Crippen MR) is 87.7 cm³/mol. The maximum Gasteiger partial charge on any atom is 0.237 e. The second-order valence-corrected chi connectivity index (χ2v) is 6.10. The van der Waals surface area contributed by atoms with Crippen LogP contribution in [0.2, 0.25) is 0 Å². The van der Waals surface area contributed by atoms with Crippen molar-refractivity contribution in [3.8, 4) is 0 Å². The van der Waals surface area contributed by atoms with Gasteiger partial charge in [-0.15, -0.1) is 0 Å². The van der Waals surface area contributed by atoms with E-state index in [1.165, 1.54) is 5.56 Å². The summed E-state index contributed by atoms with van der Waals surface area (Å²) in [7, 11) is 0. The predicted octanol–water partition coefficient (Wildman–Crippen LogP) is 3.79. The molecule has 0 heterocycles. The minimum absolute atomic E-state index is 0.0719. The van der Waals surface area contributed by atoms with Crippen molar-refractivity contribution in [1.29, 1.82) is 0 Å². The first-order valence-corrected chi connectivity index (χ1v) is 8.09. The van der Waals surface area contributed by atoms with Gasteiger partial charge in [0, 0.05) is 16.6 Å².